The van der Waals surface area contributed by atoms with Crippen LogP contribution in [0.1, 0.15) is 19.0 Å². The maximum atomic E-state index is 9.89. The van der Waals surface area contributed by atoms with E-state index >= 15 is 0 Å². The summed E-state index contributed by atoms with van der Waals surface area (Å²) < 4.78 is 1.93. The van der Waals surface area contributed by atoms with Crippen LogP contribution in [0.4, 0.5) is 0 Å². The fourth-order valence-corrected chi connectivity index (χ4v) is 2.44. The van der Waals surface area contributed by atoms with E-state index in [-0.39, 0.29) is 6.10 Å². The van der Waals surface area contributed by atoms with Crippen molar-refractivity contribution in [2.24, 2.45) is 5.92 Å². The molecule has 3 rings (SSSR count). The molecule has 1 saturated heterocycles. The lowest BCUT2D eigenvalue weighted by atomic mass is 9.96. The number of β-amino-alcohol motifs (C(OH)–C–C–N with tert-alkyl or cyclic N) is 1. The largest absolute Gasteiger partial charge is 0.392 e. The molecule has 0 spiro atoms. The number of hydrogen-bond donors (Lipinski definition) is 1. The quantitative estimate of drug-likeness (QED) is 0.856. The highest BCUT2D eigenvalue weighted by molar-refractivity contribution is 5.29. The standard InChI is InChI=1S/C13H18N4O/c1-10-3-6-16(9-12(10)18)7-11-8-17-5-2-4-14-13(17)15-11/h2,4-5,8,10,12,18H,3,6-7,9H2,1H3. The molecule has 0 radical (unpaired) electrons. The second kappa shape index (κ2) is 4.66. The molecular formula is C13H18N4O. The number of hydrogen-bond acceptors (Lipinski definition) is 4. The van der Waals surface area contributed by atoms with Crippen LogP contribution < -0.4 is 0 Å². The number of rotatable bonds is 2. The molecule has 2 aromatic rings. The minimum absolute atomic E-state index is 0.214. The van der Waals surface area contributed by atoms with Crippen LogP contribution in [0, 0.1) is 5.92 Å². The summed E-state index contributed by atoms with van der Waals surface area (Å²) in [4.78, 5) is 10.9. The van der Waals surface area contributed by atoms with E-state index in [0.717, 1.165) is 37.5 Å². The van der Waals surface area contributed by atoms with Crippen LogP contribution in [-0.4, -0.2) is 43.6 Å². The number of piperidine rings is 1. The topological polar surface area (TPSA) is 53.7 Å². The van der Waals surface area contributed by atoms with Crippen molar-refractivity contribution in [1.29, 1.82) is 0 Å². The second-order valence-electron chi connectivity index (χ2n) is 5.13. The van der Waals surface area contributed by atoms with E-state index < -0.39 is 0 Å². The highest BCUT2D eigenvalue weighted by Crippen LogP contribution is 2.18. The van der Waals surface area contributed by atoms with Gasteiger partial charge in [0.1, 0.15) is 0 Å². The molecule has 1 fully saturated rings. The molecule has 2 aromatic heterocycles. The summed E-state index contributed by atoms with van der Waals surface area (Å²) in [6.07, 6.45) is 6.54. The average molecular weight is 246 g/mol. The van der Waals surface area contributed by atoms with Crippen molar-refractivity contribution < 1.29 is 5.11 Å². The number of likely N-dealkylation sites (tertiary alicyclic amines) is 1. The maximum absolute atomic E-state index is 9.89. The summed E-state index contributed by atoms with van der Waals surface area (Å²) in [6.45, 7) is 4.66. The number of imidazole rings is 1. The summed E-state index contributed by atoms with van der Waals surface area (Å²) in [6, 6.07) is 1.89. The second-order valence-corrected chi connectivity index (χ2v) is 5.13. The average Bonchev–Trinajstić information content (AvgIpc) is 2.76. The first-order valence-corrected chi connectivity index (χ1v) is 6.41. The first-order valence-electron chi connectivity index (χ1n) is 6.41. The minimum Gasteiger partial charge on any atom is -0.392 e. The SMILES string of the molecule is CC1CCN(Cc2cn3cccnc3n2)CC1O. The van der Waals surface area contributed by atoms with Gasteiger partial charge in [0.25, 0.3) is 0 Å². The molecule has 1 aliphatic rings. The van der Waals surface area contributed by atoms with Crippen molar-refractivity contribution >= 4 is 5.78 Å². The molecule has 2 unspecified atom stereocenters. The summed E-state index contributed by atoms with van der Waals surface area (Å²) in [5, 5.41) is 9.89. The van der Waals surface area contributed by atoms with Crippen molar-refractivity contribution in [2.75, 3.05) is 13.1 Å². The van der Waals surface area contributed by atoms with Gasteiger partial charge in [-0.05, 0) is 24.9 Å². The predicted molar refractivity (Wildman–Crippen MR) is 68.1 cm³/mol. The predicted octanol–water partition coefficient (Wildman–Crippen LogP) is 0.932. The molecule has 0 bridgehead atoms. The zero-order valence-electron chi connectivity index (χ0n) is 10.5. The van der Waals surface area contributed by atoms with Gasteiger partial charge in [-0.2, -0.15) is 0 Å². The van der Waals surface area contributed by atoms with E-state index in [2.05, 4.69) is 21.8 Å². The highest BCUT2D eigenvalue weighted by Gasteiger charge is 2.24. The van der Waals surface area contributed by atoms with Crippen LogP contribution in [0.5, 0.6) is 0 Å². The fraction of sp³-hybridized carbons (Fsp3) is 0.538. The third kappa shape index (κ3) is 2.23. The Morgan fingerprint density at radius 2 is 2.39 bits per heavy atom. The van der Waals surface area contributed by atoms with E-state index in [1.807, 2.05) is 22.9 Å². The van der Waals surface area contributed by atoms with Crippen LogP contribution >= 0.6 is 0 Å². The van der Waals surface area contributed by atoms with Gasteiger partial charge >= 0.3 is 0 Å². The zero-order valence-corrected chi connectivity index (χ0v) is 10.5. The van der Waals surface area contributed by atoms with E-state index in [1.54, 1.807) is 6.20 Å². The highest BCUT2D eigenvalue weighted by atomic mass is 16.3. The van der Waals surface area contributed by atoms with E-state index in [9.17, 15) is 5.11 Å². The Labute approximate surface area is 106 Å². The molecule has 5 nitrogen and oxygen atoms in total. The molecular weight excluding hydrogens is 228 g/mol. The van der Waals surface area contributed by atoms with Crippen molar-refractivity contribution in [1.82, 2.24) is 19.3 Å². The van der Waals surface area contributed by atoms with Gasteiger partial charge < -0.3 is 5.11 Å². The summed E-state index contributed by atoms with van der Waals surface area (Å²) >= 11 is 0. The van der Waals surface area contributed by atoms with E-state index in [1.165, 1.54) is 0 Å². The molecule has 0 amide bonds. The number of aliphatic hydroxyl groups is 1. The molecule has 1 N–H and O–H groups in total. The van der Waals surface area contributed by atoms with Gasteiger partial charge in [-0.1, -0.05) is 6.92 Å². The van der Waals surface area contributed by atoms with Gasteiger partial charge in [-0.25, -0.2) is 9.97 Å². The number of nitrogens with zero attached hydrogens (tertiary/aromatic N) is 4. The van der Waals surface area contributed by atoms with Crippen molar-refractivity contribution in [2.45, 2.75) is 26.0 Å². The number of fused-ring (bicyclic) bond motifs is 1. The van der Waals surface area contributed by atoms with Crippen LogP contribution in [0.15, 0.2) is 24.7 Å². The first-order chi connectivity index (χ1) is 8.72. The zero-order chi connectivity index (χ0) is 12.5. The maximum Gasteiger partial charge on any atom is 0.233 e. The summed E-state index contributed by atoms with van der Waals surface area (Å²) in [5.74, 6) is 1.14. The molecule has 2 atom stereocenters. The van der Waals surface area contributed by atoms with Crippen molar-refractivity contribution in [3.05, 3.63) is 30.4 Å². The monoisotopic (exact) mass is 246 g/mol. The fourth-order valence-electron chi connectivity index (χ4n) is 2.44. The van der Waals surface area contributed by atoms with Gasteiger partial charge in [-0.15, -0.1) is 0 Å². The Balaban J connectivity index is 1.72. The minimum atomic E-state index is -0.214. The van der Waals surface area contributed by atoms with Gasteiger partial charge in [0.15, 0.2) is 0 Å². The van der Waals surface area contributed by atoms with Crippen LogP contribution in [0.25, 0.3) is 5.78 Å². The number of aliphatic hydroxyl groups excluding tert-OH is 1. The third-order valence-electron chi connectivity index (χ3n) is 3.67. The lowest BCUT2D eigenvalue weighted by molar-refractivity contribution is 0.0255. The number of aromatic nitrogens is 3. The molecule has 5 heteroatoms. The Bertz CT molecular complexity index is 506. The molecule has 0 aliphatic carbocycles. The molecule has 18 heavy (non-hydrogen) atoms. The lowest BCUT2D eigenvalue weighted by Crippen LogP contribution is -2.42. The normalized spacial score (nSPS) is 25.7. The van der Waals surface area contributed by atoms with Crippen LogP contribution in [-0.2, 0) is 6.54 Å². The Hall–Kier alpha value is -1.46. The van der Waals surface area contributed by atoms with Crippen LogP contribution in [0.3, 0.4) is 0 Å². The van der Waals surface area contributed by atoms with E-state index in [0.29, 0.717) is 5.92 Å². The van der Waals surface area contributed by atoms with Crippen LogP contribution in [0.2, 0.25) is 0 Å². The molecule has 0 aromatic carbocycles. The smallest absolute Gasteiger partial charge is 0.233 e. The molecule has 1 aliphatic heterocycles. The van der Waals surface area contributed by atoms with Crippen molar-refractivity contribution in [3.63, 3.8) is 0 Å². The molecule has 0 saturated carbocycles. The van der Waals surface area contributed by atoms with Gasteiger partial charge in [0, 0.05) is 31.7 Å². The lowest BCUT2D eigenvalue weighted by Gasteiger charge is -2.33. The first kappa shape index (κ1) is 11.6. The third-order valence-corrected chi connectivity index (χ3v) is 3.67. The Kier molecular flexibility index (Phi) is 3.01. The van der Waals surface area contributed by atoms with Gasteiger partial charge in [0.2, 0.25) is 5.78 Å². The Morgan fingerprint density at radius 1 is 1.50 bits per heavy atom. The van der Waals surface area contributed by atoms with Gasteiger partial charge in [-0.3, -0.25) is 9.30 Å². The summed E-state index contributed by atoms with van der Waals surface area (Å²) in [5.41, 5.74) is 1.01. The van der Waals surface area contributed by atoms with Gasteiger partial charge in [0.05, 0.1) is 11.8 Å². The van der Waals surface area contributed by atoms with Crippen molar-refractivity contribution in [3.8, 4) is 0 Å². The molecule has 96 valence electrons. The van der Waals surface area contributed by atoms with E-state index in [4.69, 9.17) is 0 Å². The Morgan fingerprint density at radius 3 is 3.17 bits per heavy atom. The molecule has 3 heterocycles. The summed E-state index contributed by atoms with van der Waals surface area (Å²) in [7, 11) is 0.